The van der Waals surface area contributed by atoms with Gasteiger partial charge in [0.05, 0.1) is 26.9 Å². The summed E-state index contributed by atoms with van der Waals surface area (Å²) in [6.07, 6.45) is 1.41. The Labute approximate surface area is 222 Å². The fraction of sp³-hybridized carbons (Fsp3) is 0.154. The quantitative estimate of drug-likeness (QED) is 0.300. The van der Waals surface area contributed by atoms with E-state index in [0.717, 1.165) is 0 Å². The lowest BCUT2D eigenvalue weighted by molar-refractivity contribution is 0.0691. The zero-order valence-corrected chi connectivity index (χ0v) is 21.3. The number of hydrogen-bond acceptors (Lipinski definition) is 5. The topological polar surface area (TPSA) is 109 Å². The van der Waals surface area contributed by atoms with E-state index in [2.05, 4.69) is 20.7 Å². The number of anilines is 1. The molecule has 2 aromatic carbocycles. The molecule has 190 valence electrons. The van der Waals surface area contributed by atoms with Gasteiger partial charge in [0.2, 0.25) is 0 Å². The highest BCUT2D eigenvalue weighted by molar-refractivity contribution is 6.38. The summed E-state index contributed by atoms with van der Waals surface area (Å²) in [7, 11) is 0. The number of amides is 2. The summed E-state index contributed by atoms with van der Waals surface area (Å²) in [5.74, 6) is -1.60. The predicted octanol–water partition coefficient (Wildman–Crippen LogP) is 5.13. The maximum atomic E-state index is 14.4. The number of benzene rings is 2. The molecule has 4 aromatic rings. The Hall–Kier alpha value is -3.79. The van der Waals surface area contributed by atoms with E-state index in [4.69, 9.17) is 23.2 Å². The molecule has 0 aliphatic heterocycles. The number of aliphatic hydroxyl groups is 1. The van der Waals surface area contributed by atoms with Crippen molar-refractivity contribution in [1.82, 2.24) is 20.1 Å². The van der Waals surface area contributed by atoms with E-state index in [1.54, 1.807) is 38.1 Å². The maximum Gasteiger partial charge on any atom is 0.271 e. The van der Waals surface area contributed by atoms with E-state index in [0.29, 0.717) is 5.69 Å². The third-order valence-electron chi connectivity index (χ3n) is 5.18. The van der Waals surface area contributed by atoms with Crippen LogP contribution in [0.4, 0.5) is 10.2 Å². The van der Waals surface area contributed by atoms with E-state index in [9.17, 15) is 19.1 Å². The summed E-state index contributed by atoms with van der Waals surface area (Å²) in [6, 6.07) is 15.6. The summed E-state index contributed by atoms with van der Waals surface area (Å²) >= 11 is 12.6. The van der Waals surface area contributed by atoms with Gasteiger partial charge < -0.3 is 15.7 Å². The molecule has 0 unspecified atom stereocenters. The normalized spacial score (nSPS) is 11.3. The van der Waals surface area contributed by atoms with Gasteiger partial charge in [0.1, 0.15) is 17.3 Å². The van der Waals surface area contributed by atoms with Crippen LogP contribution in [0.25, 0.3) is 16.9 Å². The van der Waals surface area contributed by atoms with Gasteiger partial charge in [-0.3, -0.25) is 14.6 Å². The van der Waals surface area contributed by atoms with Crippen molar-refractivity contribution < 1.29 is 19.1 Å². The van der Waals surface area contributed by atoms with Gasteiger partial charge in [-0.25, -0.2) is 9.07 Å². The molecule has 8 nitrogen and oxygen atoms in total. The smallest absolute Gasteiger partial charge is 0.271 e. The average Bonchev–Trinajstić information content (AvgIpc) is 3.27. The molecule has 0 atom stereocenters. The molecule has 11 heteroatoms. The molecule has 0 saturated heterocycles. The molecule has 0 saturated carbocycles. The molecule has 2 heterocycles. The first-order valence-electron chi connectivity index (χ1n) is 11.1. The monoisotopic (exact) mass is 541 g/mol. The highest BCUT2D eigenvalue weighted by atomic mass is 35.5. The van der Waals surface area contributed by atoms with Crippen LogP contribution in [0.2, 0.25) is 10.0 Å². The number of nitrogens with zero attached hydrogens (tertiary/aromatic N) is 3. The first kappa shape index (κ1) is 26.3. The Balaban J connectivity index is 1.70. The first-order chi connectivity index (χ1) is 17.5. The van der Waals surface area contributed by atoms with Crippen molar-refractivity contribution in [3.8, 4) is 16.9 Å². The Morgan fingerprint density at radius 3 is 2.43 bits per heavy atom. The van der Waals surface area contributed by atoms with Crippen molar-refractivity contribution in [2.45, 2.75) is 19.4 Å². The second kappa shape index (κ2) is 10.7. The molecule has 0 fully saturated rings. The van der Waals surface area contributed by atoms with Crippen LogP contribution in [-0.2, 0) is 0 Å². The molecule has 2 amide bonds. The SMILES string of the molecule is CC(C)(O)CNC(=O)c1cc(NC(=O)c2cc(-c3ncccc3F)c(Cl)cc2Cl)n(-c2ccccc2)n1. The molecular formula is C26H22Cl2FN5O3. The van der Waals surface area contributed by atoms with Gasteiger partial charge in [-0.05, 0) is 50.2 Å². The summed E-state index contributed by atoms with van der Waals surface area (Å²) in [5.41, 5.74) is -0.347. The molecule has 37 heavy (non-hydrogen) atoms. The number of pyridine rings is 1. The van der Waals surface area contributed by atoms with Crippen LogP contribution in [0.3, 0.4) is 0 Å². The number of nitrogens with one attached hydrogen (secondary N) is 2. The van der Waals surface area contributed by atoms with Crippen molar-refractivity contribution in [1.29, 1.82) is 0 Å². The van der Waals surface area contributed by atoms with Gasteiger partial charge in [0.15, 0.2) is 5.69 Å². The standard InChI is InChI=1S/C26H22Cl2FN5O3/c1-26(2,37)14-31-25(36)21-13-22(34(33-21)15-7-4-3-5-8-15)32-24(35)17-11-16(18(27)12-19(17)28)23-20(29)9-6-10-30-23/h3-13,37H,14H2,1-2H3,(H,31,36)(H,32,35). The highest BCUT2D eigenvalue weighted by Crippen LogP contribution is 2.33. The van der Waals surface area contributed by atoms with Crippen LogP contribution < -0.4 is 10.6 Å². The largest absolute Gasteiger partial charge is 0.389 e. The Bertz CT molecular complexity index is 1470. The molecule has 4 rings (SSSR count). The van der Waals surface area contributed by atoms with Crippen LogP contribution in [0.1, 0.15) is 34.7 Å². The number of halogens is 3. The van der Waals surface area contributed by atoms with E-state index in [-0.39, 0.29) is 44.9 Å². The Morgan fingerprint density at radius 1 is 1.03 bits per heavy atom. The van der Waals surface area contributed by atoms with Gasteiger partial charge in [0.25, 0.3) is 11.8 Å². The Morgan fingerprint density at radius 2 is 1.76 bits per heavy atom. The van der Waals surface area contributed by atoms with Crippen LogP contribution in [0.15, 0.2) is 66.9 Å². The number of carbonyl (C=O) groups is 2. The van der Waals surface area contributed by atoms with E-state index in [1.807, 2.05) is 6.07 Å². The minimum absolute atomic E-state index is 0.00103. The van der Waals surface area contributed by atoms with Crippen LogP contribution >= 0.6 is 23.2 Å². The van der Waals surface area contributed by atoms with Crippen LogP contribution in [0.5, 0.6) is 0 Å². The summed E-state index contributed by atoms with van der Waals surface area (Å²) in [4.78, 5) is 30.0. The lowest BCUT2D eigenvalue weighted by Gasteiger charge is -2.16. The minimum atomic E-state index is -1.12. The minimum Gasteiger partial charge on any atom is -0.389 e. The third kappa shape index (κ3) is 6.14. The van der Waals surface area contributed by atoms with Gasteiger partial charge >= 0.3 is 0 Å². The zero-order chi connectivity index (χ0) is 26.7. The zero-order valence-electron chi connectivity index (χ0n) is 19.8. The predicted molar refractivity (Wildman–Crippen MR) is 140 cm³/mol. The van der Waals surface area contributed by atoms with Crippen molar-refractivity contribution in [2.24, 2.45) is 0 Å². The number of aromatic nitrogens is 3. The number of rotatable bonds is 7. The maximum absolute atomic E-state index is 14.4. The molecule has 0 radical (unpaired) electrons. The number of carbonyl (C=O) groups excluding carboxylic acids is 2. The molecule has 3 N–H and O–H groups in total. The summed E-state index contributed by atoms with van der Waals surface area (Å²) in [6.45, 7) is 3.11. The summed E-state index contributed by atoms with van der Waals surface area (Å²) < 4.78 is 15.8. The second-order valence-electron chi connectivity index (χ2n) is 8.76. The molecule has 0 bridgehead atoms. The lowest BCUT2D eigenvalue weighted by atomic mass is 10.1. The van der Waals surface area contributed by atoms with E-state index >= 15 is 0 Å². The van der Waals surface area contributed by atoms with Crippen molar-refractivity contribution in [3.05, 3.63) is 94.0 Å². The number of hydrogen-bond donors (Lipinski definition) is 3. The van der Waals surface area contributed by atoms with Crippen LogP contribution in [0, 0.1) is 5.82 Å². The van der Waals surface area contributed by atoms with Crippen molar-refractivity contribution in [3.63, 3.8) is 0 Å². The number of para-hydroxylation sites is 1. The molecule has 0 spiro atoms. The van der Waals surface area contributed by atoms with E-state index < -0.39 is 23.2 Å². The first-order valence-corrected chi connectivity index (χ1v) is 11.9. The second-order valence-corrected chi connectivity index (χ2v) is 9.57. The van der Waals surface area contributed by atoms with Gasteiger partial charge in [-0.1, -0.05) is 41.4 Å². The van der Waals surface area contributed by atoms with Crippen molar-refractivity contribution in [2.75, 3.05) is 11.9 Å². The van der Waals surface area contributed by atoms with Gasteiger partial charge in [-0.15, -0.1) is 0 Å². The molecule has 0 aliphatic rings. The summed E-state index contributed by atoms with van der Waals surface area (Å²) in [5, 5.41) is 19.7. The fourth-order valence-electron chi connectivity index (χ4n) is 3.41. The van der Waals surface area contributed by atoms with Crippen LogP contribution in [-0.4, -0.2) is 43.8 Å². The van der Waals surface area contributed by atoms with Gasteiger partial charge in [0, 0.05) is 24.4 Å². The van der Waals surface area contributed by atoms with Crippen molar-refractivity contribution >= 4 is 40.8 Å². The molecule has 2 aromatic heterocycles. The Kier molecular flexibility index (Phi) is 7.58. The highest BCUT2D eigenvalue weighted by Gasteiger charge is 2.22. The molecular weight excluding hydrogens is 520 g/mol. The average molecular weight is 542 g/mol. The lowest BCUT2D eigenvalue weighted by Crippen LogP contribution is -2.38. The molecule has 0 aliphatic carbocycles. The van der Waals surface area contributed by atoms with E-state index in [1.165, 1.54) is 41.2 Å². The third-order valence-corrected chi connectivity index (χ3v) is 5.81. The fourth-order valence-corrected chi connectivity index (χ4v) is 3.96. The van der Waals surface area contributed by atoms with Gasteiger partial charge in [-0.2, -0.15) is 5.10 Å².